The first-order chi connectivity index (χ1) is 8.01. The standard InChI is InChI=1S/C11H23NO2.ClH.N3/c1-3-4-5-9(2)6-10(8-12)7-11(13)14;;1-3-2/h9-10H,3-8,12H2,1-2H3,(H,13,14);1H;/q;;-1/p+1/t9-,10+;;/m1../s1. The van der Waals surface area contributed by atoms with E-state index in [2.05, 4.69) is 19.6 Å². The zero-order chi connectivity index (χ0) is 13.7. The molecule has 4 N–H and O–H groups in total. The fraction of sp³-hybridized carbons (Fsp3) is 0.909. The summed E-state index contributed by atoms with van der Waals surface area (Å²) in [5.74, 6) is 0.210. The molecule has 6 nitrogen and oxygen atoms in total. The Bertz CT molecular complexity index is 233. The zero-order valence-electron chi connectivity index (χ0n) is 11.2. The van der Waals surface area contributed by atoms with Gasteiger partial charge < -0.3 is 21.9 Å². The van der Waals surface area contributed by atoms with Crippen LogP contribution in [0.5, 0.6) is 0 Å². The first kappa shape index (κ1) is 22.2. The van der Waals surface area contributed by atoms with Crippen molar-refractivity contribution >= 4 is 18.4 Å². The van der Waals surface area contributed by atoms with Crippen LogP contribution in [0.1, 0.15) is 46.0 Å². The molecule has 0 aromatic heterocycles. The normalized spacial score (nSPS) is 12.2. The van der Waals surface area contributed by atoms with E-state index in [1.165, 1.54) is 24.2 Å². The Labute approximate surface area is 115 Å². The molecule has 0 aromatic carbocycles. The Hall–Kier alpha value is -0.970. The van der Waals surface area contributed by atoms with Gasteiger partial charge in [0.25, 0.3) is 0 Å². The summed E-state index contributed by atoms with van der Waals surface area (Å²) < 4.78 is 0. The average molecular weight is 281 g/mol. The maximum Gasteiger partial charge on any atom is 0.303 e. The number of nitrogens with zero attached hydrogens (tertiary/aromatic N) is 3. The highest BCUT2D eigenvalue weighted by molar-refractivity contribution is 5.85. The minimum atomic E-state index is -0.693. The summed E-state index contributed by atoms with van der Waals surface area (Å²) in [6, 6.07) is 0. The molecule has 7 heteroatoms. The highest BCUT2D eigenvalue weighted by Gasteiger charge is 2.16. The van der Waals surface area contributed by atoms with E-state index in [0.717, 1.165) is 13.0 Å². The van der Waals surface area contributed by atoms with Crippen LogP contribution in [0.2, 0.25) is 0 Å². The van der Waals surface area contributed by atoms with Gasteiger partial charge in [-0.25, -0.2) is 0 Å². The Morgan fingerprint density at radius 1 is 1.44 bits per heavy atom. The monoisotopic (exact) mass is 280 g/mol. The number of rotatable bonds is 8. The SMILES string of the molecule is CCCC[C@@H](C)C[C@H](C[NH3+])CC(=O)O.Cl.[N-]=[N+]=[N-]. The van der Waals surface area contributed by atoms with Crippen LogP contribution in [0, 0.1) is 11.8 Å². The molecule has 108 valence electrons. The molecule has 0 saturated carbocycles. The Morgan fingerprint density at radius 3 is 2.28 bits per heavy atom. The number of halogens is 1. The topological polar surface area (TPSA) is 124 Å². The van der Waals surface area contributed by atoms with Gasteiger partial charge in [-0.1, -0.05) is 33.1 Å². The molecule has 0 aliphatic rings. The van der Waals surface area contributed by atoms with E-state index in [4.69, 9.17) is 16.2 Å². The summed E-state index contributed by atoms with van der Waals surface area (Å²) in [5, 5.41) is 8.68. The maximum absolute atomic E-state index is 10.5. The summed E-state index contributed by atoms with van der Waals surface area (Å²) in [7, 11) is 0. The van der Waals surface area contributed by atoms with Gasteiger partial charge in [0.1, 0.15) is 0 Å². The van der Waals surface area contributed by atoms with Crippen molar-refractivity contribution in [3.05, 3.63) is 16.0 Å². The van der Waals surface area contributed by atoms with Gasteiger partial charge in [0.2, 0.25) is 0 Å². The third kappa shape index (κ3) is 17.4. The lowest BCUT2D eigenvalue weighted by Gasteiger charge is -2.16. The highest BCUT2D eigenvalue weighted by Crippen LogP contribution is 2.19. The molecule has 0 aromatic rings. The summed E-state index contributed by atoms with van der Waals surface area (Å²) in [5.41, 5.74) is 17.3. The van der Waals surface area contributed by atoms with Crippen LogP contribution in [0.4, 0.5) is 0 Å². The van der Waals surface area contributed by atoms with Crippen LogP contribution < -0.4 is 5.73 Å². The predicted octanol–water partition coefficient (Wildman–Crippen LogP) is 2.82. The number of carbonyl (C=O) groups is 1. The molecule has 0 rings (SSSR count). The lowest BCUT2D eigenvalue weighted by Crippen LogP contribution is -2.54. The first-order valence-electron chi connectivity index (χ1n) is 6.01. The number of quaternary nitrogens is 1. The van der Waals surface area contributed by atoms with Crippen LogP contribution in [0.15, 0.2) is 0 Å². The van der Waals surface area contributed by atoms with Crippen molar-refractivity contribution in [2.45, 2.75) is 46.0 Å². The van der Waals surface area contributed by atoms with Crippen LogP contribution in [-0.4, -0.2) is 17.6 Å². The van der Waals surface area contributed by atoms with Gasteiger partial charge >= 0.3 is 5.97 Å². The molecule has 0 spiro atoms. The largest absolute Gasteiger partial charge is 0.481 e. The van der Waals surface area contributed by atoms with Crippen LogP contribution in [0.25, 0.3) is 16.0 Å². The molecule has 0 aliphatic heterocycles. The highest BCUT2D eigenvalue weighted by atomic mass is 35.5. The second-order valence-electron chi connectivity index (χ2n) is 4.33. The summed E-state index contributed by atoms with van der Waals surface area (Å²) >= 11 is 0. The van der Waals surface area contributed by atoms with Gasteiger partial charge in [0, 0.05) is 5.92 Å². The van der Waals surface area contributed by atoms with Crippen LogP contribution >= 0.6 is 12.4 Å². The molecule has 2 atom stereocenters. The van der Waals surface area contributed by atoms with Crippen molar-refractivity contribution in [1.29, 1.82) is 0 Å². The van der Waals surface area contributed by atoms with Crippen molar-refractivity contribution in [2.24, 2.45) is 11.8 Å². The number of carboxylic acid groups (broad SMARTS) is 1. The molecule has 0 heterocycles. The molecule has 0 aliphatic carbocycles. The smallest absolute Gasteiger partial charge is 0.303 e. The van der Waals surface area contributed by atoms with E-state index in [1.807, 2.05) is 0 Å². The minimum Gasteiger partial charge on any atom is -0.481 e. The quantitative estimate of drug-likeness (QED) is 0.403. The lowest BCUT2D eigenvalue weighted by molar-refractivity contribution is -0.379. The molecule has 0 unspecified atom stereocenters. The van der Waals surface area contributed by atoms with Gasteiger partial charge in [-0.2, -0.15) is 0 Å². The number of aliphatic carboxylic acids is 1. The molecule has 18 heavy (non-hydrogen) atoms. The van der Waals surface area contributed by atoms with Crippen molar-refractivity contribution in [3.8, 4) is 0 Å². The maximum atomic E-state index is 10.5. The fourth-order valence-electron chi connectivity index (χ4n) is 1.79. The molecular formula is C11H25ClN4O2. The zero-order valence-corrected chi connectivity index (χ0v) is 12.0. The second-order valence-corrected chi connectivity index (χ2v) is 4.33. The number of hydrogen-bond donors (Lipinski definition) is 2. The van der Waals surface area contributed by atoms with E-state index in [0.29, 0.717) is 5.92 Å². The average Bonchev–Trinajstić information content (AvgIpc) is 2.26. The van der Waals surface area contributed by atoms with E-state index < -0.39 is 5.97 Å². The van der Waals surface area contributed by atoms with Crippen LogP contribution in [0.3, 0.4) is 0 Å². The van der Waals surface area contributed by atoms with E-state index in [9.17, 15) is 4.79 Å². The Kier molecular flexibility index (Phi) is 19.8. The molecule has 0 saturated heterocycles. The predicted molar refractivity (Wildman–Crippen MR) is 74.1 cm³/mol. The van der Waals surface area contributed by atoms with Gasteiger partial charge in [-0.15, -0.1) is 12.4 Å². The minimum absolute atomic E-state index is 0. The Balaban J connectivity index is -0.000000507. The van der Waals surface area contributed by atoms with E-state index in [-0.39, 0.29) is 24.7 Å². The molecule has 0 fully saturated rings. The van der Waals surface area contributed by atoms with Gasteiger partial charge in [0.15, 0.2) is 0 Å². The lowest BCUT2D eigenvalue weighted by atomic mass is 9.90. The second kappa shape index (κ2) is 16.0. The summed E-state index contributed by atoms with van der Waals surface area (Å²) in [4.78, 5) is 12.0. The van der Waals surface area contributed by atoms with Gasteiger partial charge in [0.05, 0.1) is 13.0 Å². The summed E-state index contributed by atoms with van der Waals surface area (Å²) in [6.07, 6.45) is 4.97. The van der Waals surface area contributed by atoms with Crippen molar-refractivity contribution in [3.63, 3.8) is 0 Å². The molecule has 0 bridgehead atoms. The third-order valence-electron chi connectivity index (χ3n) is 2.66. The fourth-order valence-corrected chi connectivity index (χ4v) is 1.79. The van der Waals surface area contributed by atoms with Crippen molar-refractivity contribution < 1.29 is 15.6 Å². The first-order valence-corrected chi connectivity index (χ1v) is 6.01. The Morgan fingerprint density at radius 2 is 1.94 bits per heavy atom. The van der Waals surface area contributed by atoms with Gasteiger partial charge in [-0.3, -0.25) is 9.71 Å². The van der Waals surface area contributed by atoms with Crippen LogP contribution in [-0.2, 0) is 4.79 Å². The molecule has 0 amide bonds. The number of unbranched alkanes of at least 4 members (excludes halogenated alkanes) is 1. The van der Waals surface area contributed by atoms with Crippen molar-refractivity contribution in [1.82, 2.24) is 0 Å². The van der Waals surface area contributed by atoms with Gasteiger partial charge in [-0.05, 0) is 12.3 Å². The van der Waals surface area contributed by atoms with E-state index >= 15 is 0 Å². The van der Waals surface area contributed by atoms with Crippen molar-refractivity contribution in [2.75, 3.05) is 6.54 Å². The molecule has 0 radical (unpaired) electrons. The number of hydrogen-bond acceptors (Lipinski definition) is 1. The van der Waals surface area contributed by atoms with E-state index in [1.54, 1.807) is 0 Å². The molecular weight excluding hydrogens is 256 g/mol. The summed E-state index contributed by atoms with van der Waals surface area (Å²) in [6.45, 7) is 5.13. The number of carboxylic acids is 1. The third-order valence-corrected chi connectivity index (χ3v) is 2.66.